The van der Waals surface area contributed by atoms with Crippen molar-refractivity contribution in [3.8, 4) is 17.0 Å². The quantitative estimate of drug-likeness (QED) is 0.402. The van der Waals surface area contributed by atoms with Crippen LogP contribution in [0.4, 0.5) is 13.2 Å². The van der Waals surface area contributed by atoms with Crippen LogP contribution in [0.15, 0.2) is 43.1 Å². The largest absolute Gasteiger partial charge is 0.490 e. The predicted molar refractivity (Wildman–Crippen MR) is 120 cm³/mol. The van der Waals surface area contributed by atoms with Gasteiger partial charge in [-0.25, -0.2) is 23.1 Å². The molecular formula is C23H24F3N7O. The Morgan fingerprint density at radius 1 is 1.15 bits per heavy atom. The van der Waals surface area contributed by atoms with Crippen LogP contribution >= 0.6 is 0 Å². The number of fused-ring (bicyclic) bond motifs is 1. The third-order valence-electron chi connectivity index (χ3n) is 6.14. The van der Waals surface area contributed by atoms with Crippen LogP contribution in [0.5, 0.6) is 5.75 Å². The highest BCUT2D eigenvalue weighted by atomic mass is 19.2. The molecule has 0 radical (unpaired) electrons. The SMILES string of the molecule is NCC(CN1CCC(Oc2cc(F)c(F)c(F)c2)CC1)n1cc(-c2ncnc3[nH]ccc23)cn1. The zero-order valence-electron chi connectivity index (χ0n) is 18.3. The van der Waals surface area contributed by atoms with Crippen molar-refractivity contribution in [2.45, 2.75) is 25.0 Å². The molecule has 0 saturated carbocycles. The zero-order chi connectivity index (χ0) is 23.7. The van der Waals surface area contributed by atoms with Crippen molar-refractivity contribution in [2.24, 2.45) is 5.73 Å². The molecule has 178 valence electrons. The highest BCUT2D eigenvalue weighted by Gasteiger charge is 2.24. The highest BCUT2D eigenvalue weighted by Crippen LogP contribution is 2.26. The van der Waals surface area contributed by atoms with Crippen LogP contribution in [0.1, 0.15) is 18.9 Å². The second kappa shape index (κ2) is 9.43. The Morgan fingerprint density at radius 3 is 2.65 bits per heavy atom. The number of hydrogen-bond donors (Lipinski definition) is 2. The molecule has 4 heterocycles. The summed E-state index contributed by atoms with van der Waals surface area (Å²) in [4.78, 5) is 14.0. The maximum atomic E-state index is 13.4. The van der Waals surface area contributed by atoms with Crippen molar-refractivity contribution in [1.29, 1.82) is 0 Å². The number of rotatable bonds is 7. The molecular weight excluding hydrogens is 447 g/mol. The van der Waals surface area contributed by atoms with Crippen LogP contribution in [0, 0.1) is 17.5 Å². The van der Waals surface area contributed by atoms with Crippen molar-refractivity contribution in [1.82, 2.24) is 29.6 Å². The Morgan fingerprint density at radius 2 is 1.91 bits per heavy atom. The van der Waals surface area contributed by atoms with Gasteiger partial charge in [0.1, 0.15) is 23.8 Å². The van der Waals surface area contributed by atoms with Gasteiger partial charge in [0, 0.05) is 61.7 Å². The van der Waals surface area contributed by atoms with Crippen molar-refractivity contribution in [2.75, 3.05) is 26.2 Å². The molecule has 1 aliphatic rings. The van der Waals surface area contributed by atoms with Gasteiger partial charge in [-0.15, -0.1) is 0 Å². The predicted octanol–water partition coefficient (Wildman–Crippen LogP) is 3.28. The first-order chi connectivity index (χ1) is 16.5. The van der Waals surface area contributed by atoms with Crippen molar-refractivity contribution in [3.05, 3.63) is 60.6 Å². The number of hydrogen-bond acceptors (Lipinski definition) is 6. The number of likely N-dealkylation sites (tertiary alicyclic amines) is 1. The third kappa shape index (κ3) is 4.48. The third-order valence-corrected chi connectivity index (χ3v) is 6.14. The first kappa shape index (κ1) is 22.4. The molecule has 1 fully saturated rings. The van der Waals surface area contributed by atoms with Gasteiger partial charge in [0.25, 0.3) is 0 Å². The number of aromatic nitrogens is 5. The van der Waals surface area contributed by atoms with Gasteiger partial charge >= 0.3 is 0 Å². The monoisotopic (exact) mass is 471 g/mol. The molecule has 3 aromatic heterocycles. The van der Waals surface area contributed by atoms with Gasteiger partial charge < -0.3 is 20.4 Å². The molecule has 1 saturated heterocycles. The lowest BCUT2D eigenvalue weighted by molar-refractivity contribution is 0.0908. The molecule has 8 nitrogen and oxygen atoms in total. The van der Waals surface area contributed by atoms with E-state index in [1.54, 1.807) is 6.20 Å². The van der Waals surface area contributed by atoms with Gasteiger partial charge in [0.15, 0.2) is 17.5 Å². The van der Waals surface area contributed by atoms with Gasteiger partial charge in [-0.1, -0.05) is 0 Å². The lowest BCUT2D eigenvalue weighted by atomic mass is 10.1. The molecule has 5 rings (SSSR count). The van der Waals surface area contributed by atoms with Gasteiger partial charge in [-0.3, -0.25) is 4.68 Å². The first-order valence-electron chi connectivity index (χ1n) is 11.1. The summed E-state index contributed by atoms with van der Waals surface area (Å²) in [6.07, 6.45) is 8.22. The minimum absolute atomic E-state index is 0.00000635. The summed E-state index contributed by atoms with van der Waals surface area (Å²) in [6, 6.07) is 3.66. The summed E-state index contributed by atoms with van der Waals surface area (Å²) < 4.78 is 47.6. The van der Waals surface area contributed by atoms with Gasteiger partial charge in [-0.05, 0) is 18.9 Å². The Labute approximate surface area is 193 Å². The maximum absolute atomic E-state index is 13.4. The van der Waals surface area contributed by atoms with E-state index in [0.29, 0.717) is 25.9 Å². The molecule has 1 atom stereocenters. The molecule has 0 spiro atoms. The average Bonchev–Trinajstić information content (AvgIpc) is 3.52. The van der Waals surface area contributed by atoms with Crippen molar-refractivity contribution in [3.63, 3.8) is 0 Å². The minimum atomic E-state index is -1.49. The molecule has 1 aliphatic heterocycles. The van der Waals surface area contributed by atoms with Crippen molar-refractivity contribution < 1.29 is 17.9 Å². The highest BCUT2D eigenvalue weighted by molar-refractivity contribution is 5.89. The maximum Gasteiger partial charge on any atom is 0.194 e. The Balaban J connectivity index is 1.20. The van der Waals surface area contributed by atoms with Crippen LogP contribution in [0.2, 0.25) is 0 Å². The Kier molecular flexibility index (Phi) is 6.20. The van der Waals surface area contributed by atoms with Crippen molar-refractivity contribution >= 4 is 11.0 Å². The smallest absolute Gasteiger partial charge is 0.194 e. The van der Waals surface area contributed by atoms with E-state index in [4.69, 9.17) is 10.5 Å². The fraction of sp³-hybridized carbons (Fsp3) is 0.348. The fourth-order valence-electron chi connectivity index (χ4n) is 4.33. The standard InChI is InChI=1S/C23H24F3N7O/c24-19-7-17(8-20(25)21(19)26)34-16-2-5-32(6-3-16)12-15(9-27)33-11-14(10-31-33)22-18-1-4-28-23(18)30-13-29-22/h1,4,7-8,10-11,13,15-16H,2-3,5-6,9,12,27H2,(H,28,29,30). The van der Waals surface area contributed by atoms with E-state index in [0.717, 1.165) is 47.5 Å². The van der Waals surface area contributed by atoms with E-state index in [9.17, 15) is 13.2 Å². The minimum Gasteiger partial charge on any atom is -0.490 e. The van der Waals surface area contributed by atoms with E-state index in [1.807, 2.05) is 23.1 Å². The number of nitrogens with zero attached hydrogens (tertiary/aromatic N) is 5. The second-order valence-corrected chi connectivity index (χ2v) is 8.38. The van der Waals surface area contributed by atoms with Crippen LogP contribution < -0.4 is 10.5 Å². The number of H-pyrrole nitrogens is 1. The van der Waals surface area contributed by atoms with E-state index >= 15 is 0 Å². The normalized spacial score (nSPS) is 16.2. The summed E-state index contributed by atoms with van der Waals surface area (Å²) in [7, 11) is 0. The zero-order valence-corrected chi connectivity index (χ0v) is 18.3. The van der Waals surface area contributed by atoms with E-state index < -0.39 is 17.5 Å². The van der Waals surface area contributed by atoms with Crippen LogP contribution in [-0.4, -0.2) is 61.9 Å². The lowest BCUT2D eigenvalue weighted by Crippen LogP contribution is -2.42. The van der Waals surface area contributed by atoms with Gasteiger partial charge in [-0.2, -0.15) is 5.10 Å². The van der Waals surface area contributed by atoms with Gasteiger partial charge in [0.2, 0.25) is 0 Å². The van der Waals surface area contributed by atoms with Crippen LogP contribution in [-0.2, 0) is 0 Å². The fourth-order valence-corrected chi connectivity index (χ4v) is 4.33. The molecule has 3 N–H and O–H groups in total. The van der Waals surface area contributed by atoms with Gasteiger partial charge in [0.05, 0.1) is 17.9 Å². The summed E-state index contributed by atoms with van der Waals surface area (Å²) in [5, 5.41) is 5.45. The Hall–Kier alpha value is -3.44. The number of ether oxygens (including phenoxy) is 1. The van der Waals surface area contributed by atoms with E-state index in [1.165, 1.54) is 6.33 Å². The van der Waals surface area contributed by atoms with Crippen LogP contribution in [0.3, 0.4) is 0 Å². The summed E-state index contributed by atoms with van der Waals surface area (Å²) in [6.45, 7) is 2.58. The summed E-state index contributed by atoms with van der Waals surface area (Å²) >= 11 is 0. The van der Waals surface area contributed by atoms with E-state index in [2.05, 4.69) is 25.0 Å². The molecule has 0 amide bonds. The Bertz CT molecular complexity index is 1260. The molecule has 11 heteroatoms. The number of aromatic amines is 1. The lowest BCUT2D eigenvalue weighted by Gasteiger charge is -2.34. The number of nitrogens with two attached hydrogens (primary N) is 1. The summed E-state index contributed by atoms with van der Waals surface area (Å²) in [5.74, 6) is -4.00. The molecule has 4 aromatic rings. The number of piperidine rings is 1. The number of nitrogens with one attached hydrogen (secondary N) is 1. The topological polar surface area (TPSA) is 97.9 Å². The van der Waals surface area contributed by atoms with E-state index in [-0.39, 0.29) is 17.9 Å². The summed E-state index contributed by atoms with van der Waals surface area (Å²) in [5.41, 5.74) is 8.53. The molecule has 1 aromatic carbocycles. The molecule has 0 bridgehead atoms. The molecule has 34 heavy (non-hydrogen) atoms. The number of halogens is 3. The second-order valence-electron chi connectivity index (χ2n) is 8.38. The first-order valence-corrected chi connectivity index (χ1v) is 11.1. The van der Waals surface area contributed by atoms with Crippen LogP contribution in [0.25, 0.3) is 22.3 Å². The molecule has 0 aliphatic carbocycles. The number of benzene rings is 1. The average molecular weight is 471 g/mol. The molecule has 1 unspecified atom stereocenters.